The molecular formula is C35H38O10. The van der Waals surface area contributed by atoms with Crippen molar-refractivity contribution in [2.75, 3.05) is 26.4 Å². The van der Waals surface area contributed by atoms with E-state index in [1.54, 1.807) is 94.4 Å². The molecule has 10 nitrogen and oxygen atoms in total. The predicted octanol–water partition coefficient (Wildman–Crippen LogP) is 6.29. The summed E-state index contributed by atoms with van der Waals surface area (Å²) < 4.78 is 32.4. The predicted molar refractivity (Wildman–Crippen MR) is 166 cm³/mol. The summed E-state index contributed by atoms with van der Waals surface area (Å²) in [6, 6.07) is 17.7. The first-order valence-corrected chi connectivity index (χ1v) is 14.5. The SMILES string of the molecule is C=C(C)C(=O)OCCCOc1ccc(C(=O)Oc2ccc(OC(=O)c3ccc(OCCCOC(=O)C(C)C)cc3)c(C)c2)cc1. The van der Waals surface area contributed by atoms with E-state index in [9.17, 15) is 19.2 Å². The van der Waals surface area contributed by atoms with E-state index in [2.05, 4.69) is 6.58 Å². The molecule has 0 bridgehead atoms. The Morgan fingerprint density at radius 1 is 0.667 bits per heavy atom. The molecule has 0 heterocycles. The monoisotopic (exact) mass is 618 g/mol. The third-order valence-corrected chi connectivity index (χ3v) is 6.15. The second-order valence-electron chi connectivity index (χ2n) is 10.4. The number of hydrogen-bond donors (Lipinski definition) is 0. The van der Waals surface area contributed by atoms with Crippen molar-refractivity contribution >= 4 is 23.9 Å². The van der Waals surface area contributed by atoms with Crippen LogP contribution >= 0.6 is 0 Å². The van der Waals surface area contributed by atoms with Crippen LogP contribution in [0.3, 0.4) is 0 Å². The molecule has 0 saturated heterocycles. The van der Waals surface area contributed by atoms with E-state index in [0.29, 0.717) is 71.3 Å². The number of carbonyl (C=O) groups excluding carboxylic acids is 4. The van der Waals surface area contributed by atoms with Crippen LogP contribution < -0.4 is 18.9 Å². The van der Waals surface area contributed by atoms with E-state index < -0.39 is 17.9 Å². The molecule has 0 radical (unpaired) electrons. The van der Waals surface area contributed by atoms with Gasteiger partial charge in [-0.1, -0.05) is 20.4 Å². The molecule has 3 aromatic carbocycles. The average Bonchev–Trinajstić information content (AvgIpc) is 3.02. The summed E-state index contributed by atoms with van der Waals surface area (Å²) in [6.07, 6.45) is 1.06. The molecule has 10 heteroatoms. The van der Waals surface area contributed by atoms with Gasteiger partial charge in [0.05, 0.1) is 43.5 Å². The lowest BCUT2D eigenvalue weighted by molar-refractivity contribution is -0.147. The summed E-state index contributed by atoms with van der Waals surface area (Å²) in [5, 5.41) is 0. The minimum Gasteiger partial charge on any atom is -0.493 e. The van der Waals surface area contributed by atoms with E-state index in [1.165, 1.54) is 0 Å². The van der Waals surface area contributed by atoms with Gasteiger partial charge in [0, 0.05) is 18.4 Å². The molecule has 0 aliphatic rings. The molecule has 0 aliphatic carbocycles. The molecule has 3 aromatic rings. The van der Waals surface area contributed by atoms with E-state index in [-0.39, 0.29) is 25.1 Å². The zero-order chi connectivity index (χ0) is 32.8. The van der Waals surface area contributed by atoms with Gasteiger partial charge in [-0.3, -0.25) is 4.79 Å². The fourth-order valence-electron chi connectivity index (χ4n) is 3.62. The molecule has 45 heavy (non-hydrogen) atoms. The Balaban J connectivity index is 1.43. The number of esters is 4. The highest BCUT2D eigenvalue weighted by molar-refractivity contribution is 5.92. The summed E-state index contributed by atoms with van der Waals surface area (Å²) in [6.45, 7) is 11.6. The maximum atomic E-state index is 12.7. The van der Waals surface area contributed by atoms with Crippen molar-refractivity contribution in [3.63, 3.8) is 0 Å². The van der Waals surface area contributed by atoms with Crippen molar-refractivity contribution in [2.24, 2.45) is 5.92 Å². The lowest BCUT2D eigenvalue weighted by Crippen LogP contribution is -2.14. The summed E-state index contributed by atoms with van der Waals surface area (Å²) in [7, 11) is 0. The van der Waals surface area contributed by atoms with Crippen LogP contribution in [0, 0.1) is 12.8 Å². The van der Waals surface area contributed by atoms with E-state index in [1.807, 2.05) is 0 Å². The van der Waals surface area contributed by atoms with Crippen LogP contribution in [0.25, 0.3) is 0 Å². The summed E-state index contributed by atoms with van der Waals surface area (Å²) >= 11 is 0. The third kappa shape index (κ3) is 11.5. The minimum absolute atomic E-state index is 0.167. The first kappa shape index (κ1) is 34.4. The van der Waals surface area contributed by atoms with Crippen LogP contribution in [0.5, 0.6) is 23.0 Å². The van der Waals surface area contributed by atoms with Gasteiger partial charge in [0.25, 0.3) is 0 Å². The van der Waals surface area contributed by atoms with Gasteiger partial charge >= 0.3 is 23.9 Å². The standard InChI is InChI=1S/C35H38O10/c1-23(2)32(36)42-20-6-18-40-28-12-8-26(9-13-28)34(38)44-30-16-17-31(25(5)22-30)45-35(39)27-10-14-29(15-11-27)41-19-7-21-43-33(37)24(3)4/h8-17,22,24H,1,6-7,18-21H2,2-5H3. The number of benzene rings is 3. The maximum Gasteiger partial charge on any atom is 0.343 e. The quantitative estimate of drug-likeness (QED) is 0.0783. The molecule has 3 rings (SSSR count). The molecule has 0 aliphatic heterocycles. The average molecular weight is 619 g/mol. The van der Waals surface area contributed by atoms with Gasteiger partial charge in [-0.25, -0.2) is 14.4 Å². The highest BCUT2D eigenvalue weighted by Crippen LogP contribution is 2.26. The molecule has 0 aromatic heterocycles. The lowest BCUT2D eigenvalue weighted by atomic mass is 10.2. The van der Waals surface area contributed by atoms with Gasteiger partial charge in [-0.05, 0) is 86.1 Å². The van der Waals surface area contributed by atoms with Crippen LogP contribution in [0.4, 0.5) is 0 Å². The van der Waals surface area contributed by atoms with Crippen molar-refractivity contribution in [3.8, 4) is 23.0 Å². The van der Waals surface area contributed by atoms with Gasteiger partial charge in [-0.2, -0.15) is 0 Å². The number of carbonyl (C=O) groups is 4. The smallest absolute Gasteiger partial charge is 0.343 e. The van der Waals surface area contributed by atoms with Crippen LogP contribution in [0.2, 0.25) is 0 Å². The molecule has 238 valence electrons. The number of ether oxygens (including phenoxy) is 6. The minimum atomic E-state index is -0.559. The molecular weight excluding hydrogens is 580 g/mol. The van der Waals surface area contributed by atoms with Crippen molar-refractivity contribution < 1.29 is 47.6 Å². The van der Waals surface area contributed by atoms with Gasteiger partial charge in [0.1, 0.15) is 23.0 Å². The van der Waals surface area contributed by atoms with Crippen molar-refractivity contribution in [2.45, 2.75) is 40.5 Å². The summed E-state index contributed by atoms with van der Waals surface area (Å²) in [5.41, 5.74) is 1.61. The fraction of sp³-hybridized carbons (Fsp3) is 0.314. The Bertz CT molecular complexity index is 1470. The molecule has 0 atom stereocenters. The Kier molecular flexibility index (Phi) is 13.2. The number of hydrogen-bond acceptors (Lipinski definition) is 10. The molecule has 0 fully saturated rings. The van der Waals surface area contributed by atoms with Gasteiger partial charge in [0.15, 0.2) is 0 Å². The summed E-state index contributed by atoms with van der Waals surface area (Å²) in [4.78, 5) is 48.2. The lowest BCUT2D eigenvalue weighted by Gasteiger charge is -2.11. The van der Waals surface area contributed by atoms with Crippen molar-refractivity contribution in [1.82, 2.24) is 0 Å². The second kappa shape index (κ2) is 17.2. The highest BCUT2D eigenvalue weighted by Gasteiger charge is 2.14. The first-order valence-electron chi connectivity index (χ1n) is 14.5. The Morgan fingerprint density at radius 2 is 1.16 bits per heavy atom. The van der Waals surface area contributed by atoms with E-state index >= 15 is 0 Å². The van der Waals surface area contributed by atoms with E-state index in [0.717, 1.165) is 0 Å². The normalized spacial score (nSPS) is 10.5. The topological polar surface area (TPSA) is 124 Å². The van der Waals surface area contributed by atoms with Crippen molar-refractivity contribution in [1.29, 1.82) is 0 Å². The van der Waals surface area contributed by atoms with Crippen molar-refractivity contribution in [3.05, 3.63) is 95.6 Å². The van der Waals surface area contributed by atoms with Crippen LogP contribution in [0.15, 0.2) is 78.9 Å². The van der Waals surface area contributed by atoms with Crippen LogP contribution in [-0.4, -0.2) is 50.3 Å². The Hall–Kier alpha value is -5.12. The van der Waals surface area contributed by atoms with Gasteiger partial charge < -0.3 is 28.4 Å². The molecule has 0 N–H and O–H groups in total. The molecule has 0 saturated carbocycles. The zero-order valence-corrected chi connectivity index (χ0v) is 26.0. The number of rotatable bonds is 16. The Labute approximate surface area is 262 Å². The van der Waals surface area contributed by atoms with Crippen LogP contribution in [-0.2, 0) is 19.1 Å². The molecule has 0 unspecified atom stereocenters. The zero-order valence-electron chi connectivity index (χ0n) is 26.0. The molecule has 0 amide bonds. The summed E-state index contributed by atoms with van der Waals surface area (Å²) in [5.74, 6) is -0.204. The van der Waals surface area contributed by atoms with Gasteiger partial charge in [0.2, 0.25) is 0 Å². The first-order chi connectivity index (χ1) is 21.5. The van der Waals surface area contributed by atoms with Crippen LogP contribution in [0.1, 0.15) is 59.9 Å². The maximum absolute atomic E-state index is 12.7. The highest BCUT2D eigenvalue weighted by atomic mass is 16.5. The fourth-order valence-corrected chi connectivity index (χ4v) is 3.62. The third-order valence-electron chi connectivity index (χ3n) is 6.15. The van der Waals surface area contributed by atoms with Gasteiger partial charge in [-0.15, -0.1) is 0 Å². The largest absolute Gasteiger partial charge is 0.493 e. The Morgan fingerprint density at radius 3 is 1.64 bits per heavy atom. The second-order valence-corrected chi connectivity index (χ2v) is 10.4. The molecule has 0 spiro atoms. The number of aryl methyl sites for hydroxylation is 1. The van der Waals surface area contributed by atoms with E-state index in [4.69, 9.17) is 28.4 Å².